The Kier molecular flexibility index (Phi) is 6.09. The Morgan fingerprint density at radius 2 is 1.89 bits per heavy atom. The van der Waals surface area contributed by atoms with Crippen molar-refractivity contribution in [1.82, 2.24) is 29.2 Å². The van der Waals surface area contributed by atoms with E-state index < -0.39 is 11.7 Å². The molecule has 0 atom stereocenters. The number of hydrogen-bond acceptors (Lipinski definition) is 5. The van der Waals surface area contributed by atoms with Gasteiger partial charge in [0.25, 0.3) is 0 Å². The highest BCUT2D eigenvalue weighted by atomic mass is 35.5. The van der Waals surface area contributed by atoms with Crippen LogP contribution in [0.5, 0.6) is 0 Å². The third-order valence-corrected chi connectivity index (χ3v) is 6.24. The van der Waals surface area contributed by atoms with E-state index in [-0.39, 0.29) is 11.6 Å². The first-order valence-corrected chi connectivity index (χ1v) is 11.5. The third kappa shape index (κ3) is 4.49. The Bertz CT molecular complexity index is 1570. The van der Waals surface area contributed by atoms with Crippen LogP contribution in [0.1, 0.15) is 5.56 Å². The molecular formula is C25H23ClF3N7. The summed E-state index contributed by atoms with van der Waals surface area (Å²) in [5, 5.41) is 9.37. The molecule has 3 aromatic heterocycles. The molecule has 5 aromatic rings. The first kappa shape index (κ1) is 24.1. The molecule has 7 nitrogen and oxygen atoms in total. The Morgan fingerprint density at radius 1 is 1.11 bits per heavy atom. The summed E-state index contributed by atoms with van der Waals surface area (Å²) < 4.78 is 45.3. The summed E-state index contributed by atoms with van der Waals surface area (Å²) in [6.45, 7) is 1.46. The van der Waals surface area contributed by atoms with E-state index in [2.05, 4.69) is 20.4 Å². The number of aromatic nitrogens is 5. The minimum absolute atomic E-state index is 0.0290. The SMILES string of the molecule is CN(C)CCn1ncc2cc(Nc3ncc(C(F)(F)F)c(-c4cn(C)c5ccccc45)n3)cc(Cl)c21. The number of likely N-dealkylation sites (N-methyl/N-ethyl adjacent to an activating group) is 1. The standard InChI is InChI=1S/C25H23ClF3N7/c1-34(2)8-9-36-23-15(12-31-36)10-16(11-20(23)26)32-24-30-13-19(25(27,28)29)22(33-24)18-14-35(3)21-7-5-4-6-17(18)21/h4-7,10-14H,8-9H2,1-3H3,(H,30,32,33). The van der Waals surface area contributed by atoms with Gasteiger partial charge in [-0.05, 0) is 32.3 Å². The van der Waals surface area contributed by atoms with Crippen LogP contribution in [0.4, 0.5) is 24.8 Å². The topological polar surface area (TPSA) is 63.8 Å². The van der Waals surface area contributed by atoms with Crippen LogP contribution in [0.3, 0.4) is 0 Å². The summed E-state index contributed by atoms with van der Waals surface area (Å²) >= 11 is 6.56. The number of halogens is 4. The first-order chi connectivity index (χ1) is 17.1. The molecule has 186 valence electrons. The summed E-state index contributed by atoms with van der Waals surface area (Å²) in [5.74, 6) is 0.0290. The molecule has 0 bridgehead atoms. The van der Waals surface area contributed by atoms with Crippen molar-refractivity contribution in [3.63, 3.8) is 0 Å². The molecule has 0 saturated carbocycles. The van der Waals surface area contributed by atoms with E-state index in [1.54, 1.807) is 42.2 Å². The fourth-order valence-corrected chi connectivity index (χ4v) is 4.56. The van der Waals surface area contributed by atoms with Gasteiger partial charge in [-0.25, -0.2) is 9.97 Å². The Hall–Kier alpha value is -3.63. The number of alkyl halides is 3. The molecule has 0 amide bonds. The Labute approximate surface area is 210 Å². The maximum absolute atomic E-state index is 13.9. The van der Waals surface area contributed by atoms with Gasteiger partial charge in [0, 0.05) is 53.5 Å². The van der Waals surface area contributed by atoms with Crippen LogP contribution in [0.15, 0.2) is 55.0 Å². The molecule has 11 heteroatoms. The first-order valence-electron chi connectivity index (χ1n) is 11.2. The smallest absolute Gasteiger partial charge is 0.350 e. The van der Waals surface area contributed by atoms with Crippen molar-refractivity contribution >= 4 is 45.0 Å². The monoisotopic (exact) mass is 513 g/mol. The van der Waals surface area contributed by atoms with E-state index in [1.807, 2.05) is 41.9 Å². The van der Waals surface area contributed by atoms with Crippen molar-refractivity contribution in [3.8, 4) is 11.3 Å². The van der Waals surface area contributed by atoms with E-state index in [0.717, 1.165) is 29.2 Å². The average Bonchev–Trinajstić information content (AvgIpc) is 3.38. The minimum atomic E-state index is -4.62. The molecule has 1 N–H and O–H groups in total. The van der Waals surface area contributed by atoms with E-state index in [9.17, 15) is 13.2 Å². The number of aryl methyl sites for hydroxylation is 1. The van der Waals surface area contributed by atoms with Gasteiger partial charge in [0.1, 0.15) is 5.56 Å². The molecular weight excluding hydrogens is 491 g/mol. The largest absolute Gasteiger partial charge is 0.419 e. The van der Waals surface area contributed by atoms with Crippen LogP contribution in [0.25, 0.3) is 33.1 Å². The molecule has 0 fully saturated rings. The van der Waals surface area contributed by atoms with Crippen LogP contribution in [-0.4, -0.2) is 49.9 Å². The number of fused-ring (bicyclic) bond motifs is 2. The summed E-state index contributed by atoms with van der Waals surface area (Å²) in [6.07, 6.45) is -0.450. The van der Waals surface area contributed by atoms with Crippen molar-refractivity contribution in [2.45, 2.75) is 12.7 Å². The van der Waals surface area contributed by atoms with E-state index in [4.69, 9.17) is 11.6 Å². The molecule has 0 aliphatic carbocycles. The van der Waals surface area contributed by atoms with Crippen LogP contribution < -0.4 is 5.32 Å². The molecule has 3 heterocycles. The van der Waals surface area contributed by atoms with Gasteiger partial charge < -0.3 is 14.8 Å². The Morgan fingerprint density at radius 3 is 2.64 bits per heavy atom. The van der Waals surface area contributed by atoms with E-state index >= 15 is 0 Å². The predicted molar refractivity (Wildman–Crippen MR) is 136 cm³/mol. The maximum atomic E-state index is 13.9. The van der Waals surface area contributed by atoms with E-state index in [0.29, 0.717) is 28.2 Å². The zero-order valence-corrected chi connectivity index (χ0v) is 20.6. The van der Waals surface area contributed by atoms with Gasteiger partial charge in [0.15, 0.2) is 0 Å². The molecule has 36 heavy (non-hydrogen) atoms. The molecule has 0 spiro atoms. The highest BCUT2D eigenvalue weighted by Crippen LogP contribution is 2.39. The third-order valence-electron chi connectivity index (χ3n) is 5.95. The molecule has 5 rings (SSSR count). The fraction of sp³-hybridized carbons (Fsp3) is 0.240. The fourth-order valence-electron chi connectivity index (χ4n) is 4.23. The highest BCUT2D eigenvalue weighted by Gasteiger charge is 2.36. The van der Waals surface area contributed by atoms with Gasteiger partial charge in [-0.2, -0.15) is 18.3 Å². The molecule has 0 aliphatic rings. The van der Waals surface area contributed by atoms with Gasteiger partial charge in [-0.3, -0.25) is 4.68 Å². The molecule has 0 aliphatic heterocycles. The number of anilines is 2. The number of hydrogen-bond donors (Lipinski definition) is 1. The van der Waals surface area contributed by atoms with Crippen LogP contribution >= 0.6 is 11.6 Å². The number of rotatable bonds is 6. The van der Waals surface area contributed by atoms with E-state index in [1.165, 1.54) is 0 Å². The zero-order valence-electron chi connectivity index (χ0n) is 19.8. The highest BCUT2D eigenvalue weighted by molar-refractivity contribution is 6.35. The maximum Gasteiger partial charge on any atom is 0.419 e. The predicted octanol–water partition coefficient (Wildman–Crippen LogP) is 5.96. The second-order valence-corrected chi connectivity index (χ2v) is 9.22. The summed E-state index contributed by atoms with van der Waals surface area (Å²) in [4.78, 5) is 10.3. The van der Waals surface area contributed by atoms with Gasteiger partial charge in [-0.15, -0.1) is 0 Å². The summed E-state index contributed by atoms with van der Waals surface area (Å²) in [5.41, 5.74) is 1.41. The lowest BCUT2D eigenvalue weighted by molar-refractivity contribution is -0.137. The summed E-state index contributed by atoms with van der Waals surface area (Å²) in [6, 6.07) is 10.8. The lowest BCUT2D eigenvalue weighted by Gasteiger charge is -2.14. The van der Waals surface area contributed by atoms with Crippen molar-refractivity contribution in [1.29, 1.82) is 0 Å². The van der Waals surface area contributed by atoms with Crippen LogP contribution in [0.2, 0.25) is 5.02 Å². The average molecular weight is 514 g/mol. The molecule has 0 saturated heterocycles. The second kappa shape index (κ2) is 9.11. The van der Waals surface area contributed by atoms with Gasteiger partial charge in [0.2, 0.25) is 5.95 Å². The van der Waals surface area contributed by atoms with Crippen molar-refractivity contribution in [2.75, 3.05) is 26.0 Å². The zero-order chi connectivity index (χ0) is 25.6. The lowest BCUT2D eigenvalue weighted by Crippen LogP contribution is -2.18. The number of nitrogens with one attached hydrogen (secondary N) is 1. The van der Waals surface area contributed by atoms with Gasteiger partial charge in [0.05, 0.1) is 29.0 Å². The second-order valence-electron chi connectivity index (χ2n) is 8.82. The number of nitrogens with zero attached hydrogens (tertiary/aromatic N) is 6. The normalized spacial score (nSPS) is 12.2. The number of benzene rings is 2. The van der Waals surface area contributed by atoms with Crippen molar-refractivity contribution < 1.29 is 13.2 Å². The lowest BCUT2D eigenvalue weighted by atomic mass is 10.1. The van der Waals surface area contributed by atoms with Crippen molar-refractivity contribution in [2.24, 2.45) is 7.05 Å². The summed E-state index contributed by atoms with van der Waals surface area (Å²) in [7, 11) is 5.74. The van der Waals surface area contributed by atoms with Crippen LogP contribution in [-0.2, 0) is 19.8 Å². The van der Waals surface area contributed by atoms with Crippen molar-refractivity contribution in [3.05, 3.63) is 65.6 Å². The molecule has 0 radical (unpaired) electrons. The quantitative estimate of drug-likeness (QED) is 0.303. The number of para-hydroxylation sites is 1. The Balaban J connectivity index is 1.55. The molecule has 0 unspecified atom stereocenters. The van der Waals surface area contributed by atoms with Crippen LogP contribution in [0, 0.1) is 0 Å². The minimum Gasteiger partial charge on any atom is -0.350 e. The van der Waals surface area contributed by atoms with Gasteiger partial charge in [-0.1, -0.05) is 29.8 Å². The molecule has 2 aromatic carbocycles. The van der Waals surface area contributed by atoms with Gasteiger partial charge >= 0.3 is 6.18 Å².